The molecule has 0 radical (unpaired) electrons. The summed E-state index contributed by atoms with van der Waals surface area (Å²) in [5, 5.41) is 9.24. The third kappa shape index (κ3) is 4.36. The van der Waals surface area contributed by atoms with E-state index in [1.165, 1.54) is 24.9 Å². The Hall–Kier alpha value is -3.45. The number of thioether (sulfide) groups is 1. The molecule has 0 bridgehead atoms. The highest BCUT2D eigenvalue weighted by Gasteiger charge is 2.20. The largest absolute Gasteiger partial charge is 0.465 e. The summed E-state index contributed by atoms with van der Waals surface area (Å²) in [6, 6.07) is 21.7. The van der Waals surface area contributed by atoms with E-state index in [2.05, 4.69) is 10.2 Å². The zero-order chi connectivity index (χ0) is 21.8. The summed E-state index contributed by atoms with van der Waals surface area (Å²) in [4.78, 5) is 12.1. The predicted molar refractivity (Wildman–Crippen MR) is 119 cm³/mol. The molecule has 4 rings (SSSR count). The lowest BCUT2D eigenvalue weighted by Crippen LogP contribution is -2.05. The minimum Gasteiger partial charge on any atom is -0.465 e. The highest BCUT2D eigenvalue weighted by atomic mass is 32.2. The highest BCUT2D eigenvalue weighted by molar-refractivity contribution is 7.98. The lowest BCUT2D eigenvalue weighted by Gasteiger charge is -2.12. The summed E-state index contributed by atoms with van der Waals surface area (Å²) in [6.45, 7) is 2.00. The fourth-order valence-corrected chi connectivity index (χ4v) is 4.23. The normalized spacial score (nSPS) is 10.8. The number of carbonyl (C=O) groups excluding carboxylic acids is 1. The second-order valence-corrected chi connectivity index (χ2v) is 7.84. The molecule has 0 fully saturated rings. The van der Waals surface area contributed by atoms with E-state index in [-0.39, 0.29) is 11.8 Å². The Morgan fingerprint density at radius 3 is 2.58 bits per heavy atom. The summed E-state index contributed by atoms with van der Waals surface area (Å²) in [5.41, 5.74) is 3.61. The first-order chi connectivity index (χ1) is 15.1. The van der Waals surface area contributed by atoms with Crippen molar-refractivity contribution in [1.29, 1.82) is 0 Å². The number of hydrogen-bond donors (Lipinski definition) is 0. The van der Waals surface area contributed by atoms with Crippen molar-refractivity contribution in [2.45, 2.75) is 17.8 Å². The van der Waals surface area contributed by atoms with Crippen LogP contribution in [-0.4, -0.2) is 27.8 Å². The van der Waals surface area contributed by atoms with Gasteiger partial charge in [-0.15, -0.1) is 10.2 Å². The van der Waals surface area contributed by atoms with Gasteiger partial charge in [0.2, 0.25) is 0 Å². The topological polar surface area (TPSA) is 57.0 Å². The van der Waals surface area contributed by atoms with E-state index in [0.717, 1.165) is 16.8 Å². The maximum atomic E-state index is 14.6. The van der Waals surface area contributed by atoms with E-state index in [1.807, 2.05) is 47.9 Å². The Balaban J connectivity index is 1.76. The van der Waals surface area contributed by atoms with Gasteiger partial charge in [-0.1, -0.05) is 54.2 Å². The number of esters is 1. The Labute approximate surface area is 183 Å². The van der Waals surface area contributed by atoms with Crippen LogP contribution in [-0.2, 0) is 10.5 Å². The summed E-state index contributed by atoms with van der Waals surface area (Å²) >= 11 is 1.42. The van der Waals surface area contributed by atoms with Crippen LogP contribution in [0.25, 0.3) is 17.1 Å². The van der Waals surface area contributed by atoms with E-state index < -0.39 is 0 Å². The SMILES string of the molecule is COC(=O)c1ccccc1CSc1nnc(-c2ccccc2F)n1-c1cccc(C)c1. The van der Waals surface area contributed by atoms with Crippen LogP contribution >= 0.6 is 11.8 Å². The van der Waals surface area contributed by atoms with Gasteiger partial charge in [0, 0.05) is 11.4 Å². The quantitative estimate of drug-likeness (QED) is 0.298. The van der Waals surface area contributed by atoms with Gasteiger partial charge in [0.1, 0.15) is 5.82 Å². The zero-order valence-corrected chi connectivity index (χ0v) is 17.9. The van der Waals surface area contributed by atoms with Crippen LogP contribution in [0.2, 0.25) is 0 Å². The van der Waals surface area contributed by atoms with Crippen molar-refractivity contribution in [2.75, 3.05) is 7.11 Å². The number of rotatable bonds is 6. The standard InChI is InChI=1S/C24H20FN3O2S/c1-16-8-7-10-18(14-16)28-22(20-12-5-6-13-21(20)25)26-27-24(28)31-15-17-9-3-4-11-19(17)23(29)30-2/h3-14H,15H2,1-2H3. The third-order valence-corrected chi connectivity index (χ3v) is 5.77. The Bertz CT molecular complexity index is 1240. The van der Waals surface area contributed by atoms with Gasteiger partial charge in [0.15, 0.2) is 11.0 Å². The molecule has 0 aliphatic rings. The fourth-order valence-electron chi connectivity index (χ4n) is 3.28. The van der Waals surface area contributed by atoms with Crippen molar-refractivity contribution in [2.24, 2.45) is 0 Å². The maximum Gasteiger partial charge on any atom is 0.338 e. The number of aromatic nitrogens is 3. The lowest BCUT2D eigenvalue weighted by atomic mass is 10.1. The van der Waals surface area contributed by atoms with Crippen molar-refractivity contribution in [3.05, 3.63) is 95.3 Å². The number of benzene rings is 3. The molecule has 31 heavy (non-hydrogen) atoms. The number of halogens is 1. The smallest absolute Gasteiger partial charge is 0.338 e. The Morgan fingerprint density at radius 1 is 1.03 bits per heavy atom. The van der Waals surface area contributed by atoms with E-state index in [9.17, 15) is 9.18 Å². The molecular weight excluding hydrogens is 413 g/mol. The van der Waals surface area contributed by atoms with Gasteiger partial charge in [-0.05, 0) is 48.4 Å². The molecule has 3 aromatic carbocycles. The van der Waals surface area contributed by atoms with Gasteiger partial charge < -0.3 is 4.74 Å². The fraction of sp³-hybridized carbons (Fsp3) is 0.125. The van der Waals surface area contributed by atoms with Crippen LogP contribution in [0.5, 0.6) is 0 Å². The first-order valence-corrected chi connectivity index (χ1v) is 10.6. The minimum atomic E-state index is -0.386. The molecule has 0 unspecified atom stereocenters. The molecule has 0 saturated heterocycles. The molecule has 0 aliphatic heterocycles. The highest BCUT2D eigenvalue weighted by Crippen LogP contribution is 2.31. The molecule has 4 aromatic rings. The van der Waals surface area contributed by atoms with Crippen LogP contribution in [0, 0.1) is 12.7 Å². The van der Waals surface area contributed by atoms with Crippen molar-refractivity contribution < 1.29 is 13.9 Å². The Morgan fingerprint density at radius 2 is 1.81 bits per heavy atom. The zero-order valence-electron chi connectivity index (χ0n) is 17.1. The Kier molecular flexibility index (Phi) is 6.13. The molecule has 1 aromatic heterocycles. The summed E-state index contributed by atoms with van der Waals surface area (Å²) in [6.07, 6.45) is 0. The van der Waals surface area contributed by atoms with E-state index >= 15 is 0 Å². The third-order valence-electron chi connectivity index (χ3n) is 4.79. The van der Waals surface area contributed by atoms with Crippen LogP contribution in [0.4, 0.5) is 4.39 Å². The summed E-state index contributed by atoms with van der Waals surface area (Å²) in [7, 11) is 1.36. The van der Waals surface area contributed by atoms with Crippen molar-refractivity contribution >= 4 is 17.7 Å². The number of carbonyl (C=O) groups is 1. The van der Waals surface area contributed by atoms with Gasteiger partial charge >= 0.3 is 5.97 Å². The molecule has 7 heteroatoms. The number of nitrogens with zero attached hydrogens (tertiary/aromatic N) is 3. The molecule has 0 saturated carbocycles. The molecule has 0 amide bonds. The monoisotopic (exact) mass is 433 g/mol. The van der Waals surface area contributed by atoms with Crippen LogP contribution in [0.15, 0.2) is 78.0 Å². The van der Waals surface area contributed by atoms with E-state index in [0.29, 0.717) is 27.9 Å². The first kappa shape index (κ1) is 20.8. The molecule has 5 nitrogen and oxygen atoms in total. The molecular formula is C24H20FN3O2S. The predicted octanol–water partition coefficient (Wildman–Crippen LogP) is 5.46. The summed E-state index contributed by atoms with van der Waals surface area (Å²) < 4.78 is 21.3. The van der Waals surface area contributed by atoms with Crippen molar-refractivity contribution in [1.82, 2.24) is 14.8 Å². The van der Waals surface area contributed by atoms with Crippen LogP contribution < -0.4 is 0 Å². The summed E-state index contributed by atoms with van der Waals surface area (Å²) in [5.74, 6) is 0.152. The van der Waals surface area contributed by atoms with Gasteiger partial charge in [-0.2, -0.15) is 0 Å². The van der Waals surface area contributed by atoms with Gasteiger partial charge in [-0.3, -0.25) is 4.57 Å². The number of ether oxygens (including phenoxy) is 1. The molecule has 0 N–H and O–H groups in total. The van der Waals surface area contributed by atoms with E-state index in [1.54, 1.807) is 30.3 Å². The minimum absolute atomic E-state index is 0.364. The molecule has 156 valence electrons. The van der Waals surface area contributed by atoms with Gasteiger partial charge in [0.05, 0.1) is 18.2 Å². The van der Waals surface area contributed by atoms with E-state index in [4.69, 9.17) is 4.74 Å². The van der Waals surface area contributed by atoms with Gasteiger partial charge in [-0.25, -0.2) is 9.18 Å². The van der Waals surface area contributed by atoms with Crippen LogP contribution in [0.3, 0.4) is 0 Å². The number of aryl methyl sites for hydroxylation is 1. The first-order valence-electron chi connectivity index (χ1n) is 9.65. The average Bonchev–Trinajstić information content (AvgIpc) is 3.21. The second-order valence-electron chi connectivity index (χ2n) is 6.90. The van der Waals surface area contributed by atoms with Crippen molar-refractivity contribution in [3.8, 4) is 17.1 Å². The van der Waals surface area contributed by atoms with Crippen LogP contribution in [0.1, 0.15) is 21.5 Å². The number of methoxy groups -OCH3 is 1. The maximum absolute atomic E-state index is 14.6. The molecule has 0 spiro atoms. The molecule has 0 aliphatic carbocycles. The second kappa shape index (κ2) is 9.14. The average molecular weight is 434 g/mol. The molecule has 1 heterocycles. The number of hydrogen-bond acceptors (Lipinski definition) is 5. The lowest BCUT2D eigenvalue weighted by molar-refractivity contribution is 0.0600. The molecule has 0 atom stereocenters. The van der Waals surface area contributed by atoms with Crippen molar-refractivity contribution in [3.63, 3.8) is 0 Å². The van der Waals surface area contributed by atoms with Gasteiger partial charge in [0.25, 0.3) is 0 Å².